The molecule has 0 saturated heterocycles. The van der Waals surface area contributed by atoms with E-state index in [1.807, 2.05) is 13.0 Å². The molecule has 1 saturated carbocycles. The predicted molar refractivity (Wildman–Crippen MR) is 80.5 cm³/mol. The number of aryl methyl sites for hydroxylation is 1. The van der Waals surface area contributed by atoms with Crippen LogP contribution in [0.25, 0.3) is 0 Å². The molecular weight excluding hydrogens is 302 g/mol. The van der Waals surface area contributed by atoms with Crippen LogP contribution < -0.4 is 4.72 Å². The number of rotatable bonds is 4. The highest BCUT2D eigenvalue weighted by molar-refractivity contribution is 7.91. The van der Waals surface area contributed by atoms with Gasteiger partial charge in [-0.25, -0.2) is 13.1 Å². The van der Waals surface area contributed by atoms with Crippen LogP contribution in [0.2, 0.25) is 0 Å². The van der Waals surface area contributed by atoms with Crippen molar-refractivity contribution in [2.24, 2.45) is 0 Å². The number of nitrogens with one attached hydrogen (secondary N) is 1. The third kappa shape index (κ3) is 3.94. The first-order valence-electron chi connectivity index (χ1n) is 6.78. The first-order chi connectivity index (χ1) is 9.03. The molecule has 1 fully saturated rings. The zero-order valence-electron chi connectivity index (χ0n) is 11.1. The predicted octanol–water partition coefficient (Wildman–Crippen LogP) is 3.53. The van der Waals surface area contributed by atoms with E-state index in [0.717, 1.165) is 43.4 Å². The second-order valence-electron chi connectivity index (χ2n) is 4.96. The Bertz CT molecular complexity index is 512. The van der Waals surface area contributed by atoms with E-state index in [9.17, 15) is 8.42 Å². The number of alkyl halides is 1. The minimum atomic E-state index is -3.41. The van der Waals surface area contributed by atoms with Crippen LogP contribution in [0.4, 0.5) is 0 Å². The number of sulfonamides is 1. The lowest BCUT2D eigenvalue weighted by atomic mass is 10.1. The van der Waals surface area contributed by atoms with E-state index in [1.165, 1.54) is 11.3 Å². The van der Waals surface area contributed by atoms with Gasteiger partial charge in [0.1, 0.15) is 4.21 Å². The maximum atomic E-state index is 12.3. The molecule has 0 radical (unpaired) electrons. The number of thiophene rings is 1. The Morgan fingerprint density at radius 2 is 2.05 bits per heavy atom. The van der Waals surface area contributed by atoms with Crippen LogP contribution in [-0.4, -0.2) is 19.8 Å². The number of hydrogen-bond acceptors (Lipinski definition) is 3. The molecule has 1 aromatic heterocycles. The lowest BCUT2D eigenvalue weighted by molar-refractivity contribution is 0.515. The Kier molecular flexibility index (Phi) is 5.29. The zero-order chi connectivity index (χ0) is 13.9. The van der Waals surface area contributed by atoms with Gasteiger partial charge >= 0.3 is 0 Å². The van der Waals surface area contributed by atoms with Crippen LogP contribution in [0.15, 0.2) is 16.3 Å². The molecule has 1 heterocycles. The summed E-state index contributed by atoms with van der Waals surface area (Å²) >= 11 is 7.63. The summed E-state index contributed by atoms with van der Waals surface area (Å²) in [6.07, 6.45) is 5.85. The Morgan fingerprint density at radius 3 is 2.74 bits per heavy atom. The van der Waals surface area contributed by atoms with Crippen LogP contribution in [0, 0.1) is 0 Å². The van der Waals surface area contributed by atoms with E-state index in [2.05, 4.69) is 4.72 Å². The van der Waals surface area contributed by atoms with Gasteiger partial charge in [0.05, 0.1) is 0 Å². The fraction of sp³-hybridized carbons (Fsp3) is 0.692. The van der Waals surface area contributed by atoms with Crippen LogP contribution in [0.5, 0.6) is 0 Å². The fourth-order valence-electron chi connectivity index (χ4n) is 2.35. The van der Waals surface area contributed by atoms with Crippen molar-refractivity contribution < 1.29 is 8.42 Å². The summed E-state index contributed by atoms with van der Waals surface area (Å²) in [5.41, 5.74) is 0. The molecular formula is C13H20ClNO2S2. The minimum absolute atomic E-state index is 0.0946. The Labute approximate surface area is 124 Å². The molecule has 1 aliphatic rings. The normalized spacial score (nSPS) is 25.2. The van der Waals surface area contributed by atoms with Crippen molar-refractivity contribution in [3.05, 3.63) is 17.0 Å². The summed E-state index contributed by atoms with van der Waals surface area (Å²) < 4.78 is 27.8. The van der Waals surface area contributed by atoms with Crippen molar-refractivity contribution in [1.29, 1.82) is 0 Å². The van der Waals surface area contributed by atoms with Crippen molar-refractivity contribution in [3.63, 3.8) is 0 Å². The monoisotopic (exact) mass is 321 g/mol. The molecule has 0 amide bonds. The first-order valence-corrected chi connectivity index (χ1v) is 9.51. The van der Waals surface area contributed by atoms with Crippen molar-refractivity contribution >= 4 is 33.0 Å². The lowest BCUT2D eigenvalue weighted by Crippen LogP contribution is -2.40. The number of halogens is 1. The van der Waals surface area contributed by atoms with E-state index in [4.69, 9.17) is 11.6 Å². The molecule has 2 unspecified atom stereocenters. The van der Waals surface area contributed by atoms with Crippen LogP contribution in [-0.2, 0) is 16.4 Å². The lowest BCUT2D eigenvalue weighted by Gasteiger charge is -2.20. The third-order valence-corrected chi connectivity index (χ3v) is 7.22. The maximum Gasteiger partial charge on any atom is 0.250 e. The Morgan fingerprint density at radius 1 is 1.32 bits per heavy atom. The molecule has 1 aliphatic carbocycles. The van der Waals surface area contributed by atoms with Gasteiger partial charge in [-0.2, -0.15) is 0 Å². The molecule has 2 rings (SSSR count). The van der Waals surface area contributed by atoms with Gasteiger partial charge in [0.25, 0.3) is 0 Å². The van der Waals surface area contributed by atoms with E-state index in [-0.39, 0.29) is 11.4 Å². The Hall–Kier alpha value is -0.100. The summed E-state index contributed by atoms with van der Waals surface area (Å²) in [6.45, 7) is 2.02. The molecule has 3 nitrogen and oxygen atoms in total. The van der Waals surface area contributed by atoms with Gasteiger partial charge in [0, 0.05) is 16.3 Å². The summed E-state index contributed by atoms with van der Waals surface area (Å²) in [6, 6.07) is 3.43. The topological polar surface area (TPSA) is 46.2 Å². The van der Waals surface area contributed by atoms with Gasteiger partial charge < -0.3 is 0 Å². The van der Waals surface area contributed by atoms with Crippen molar-refractivity contribution in [2.45, 2.75) is 61.1 Å². The first kappa shape index (κ1) is 15.3. The van der Waals surface area contributed by atoms with E-state index >= 15 is 0 Å². The molecule has 108 valence electrons. The second kappa shape index (κ2) is 6.57. The zero-order valence-corrected chi connectivity index (χ0v) is 13.5. The molecule has 19 heavy (non-hydrogen) atoms. The smallest absolute Gasteiger partial charge is 0.206 e. The molecule has 2 atom stereocenters. The van der Waals surface area contributed by atoms with Crippen molar-refractivity contribution in [3.8, 4) is 0 Å². The Balaban J connectivity index is 2.11. The summed E-state index contributed by atoms with van der Waals surface area (Å²) in [7, 11) is -3.41. The van der Waals surface area contributed by atoms with Gasteiger partial charge in [-0.15, -0.1) is 22.9 Å². The van der Waals surface area contributed by atoms with Crippen molar-refractivity contribution in [2.75, 3.05) is 0 Å². The molecule has 0 bridgehead atoms. The van der Waals surface area contributed by atoms with Crippen molar-refractivity contribution in [1.82, 2.24) is 4.72 Å². The van der Waals surface area contributed by atoms with Gasteiger partial charge in [-0.3, -0.25) is 0 Å². The van der Waals surface area contributed by atoms with Crippen LogP contribution in [0.1, 0.15) is 43.9 Å². The van der Waals surface area contributed by atoms with E-state index in [1.54, 1.807) is 6.07 Å². The SMILES string of the molecule is CCc1ccc(S(=O)(=O)NC2CCCCCC2Cl)s1. The summed E-state index contributed by atoms with van der Waals surface area (Å²) in [4.78, 5) is 1.09. The summed E-state index contributed by atoms with van der Waals surface area (Å²) in [5.74, 6) is 0. The van der Waals surface area contributed by atoms with E-state index in [0.29, 0.717) is 4.21 Å². The average molecular weight is 322 g/mol. The highest BCUT2D eigenvalue weighted by Crippen LogP contribution is 2.26. The average Bonchev–Trinajstić information content (AvgIpc) is 2.78. The molecule has 0 aromatic carbocycles. The van der Waals surface area contributed by atoms with Crippen LogP contribution in [0.3, 0.4) is 0 Å². The van der Waals surface area contributed by atoms with Gasteiger partial charge in [0.15, 0.2) is 0 Å². The highest BCUT2D eigenvalue weighted by Gasteiger charge is 2.27. The molecule has 1 aromatic rings. The molecule has 1 N–H and O–H groups in total. The quantitative estimate of drug-likeness (QED) is 0.681. The second-order valence-corrected chi connectivity index (χ2v) is 8.63. The third-order valence-electron chi connectivity index (χ3n) is 3.49. The van der Waals surface area contributed by atoms with Gasteiger partial charge in [-0.05, 0) is 31.4 Å². The highest BCUT2D eigenvalue weighted by atomic mass is 35.5. The fourth-order valence-corrected chi connectivity index (χ4v) is 5.39. The maximum absolute atomic E-state index is 12.3. The van der Waals surface area contributed by atoms with Gasteiger partial charge in [-0.1, -0.05) is 26.2 Å². The summed E-state index contributed by atoms with van der Waals surface area (Å²) in [5, 5.41) is -0.0946. The molecule has 6 heteroatoms. The molecule has 0 aliphatic heterocycles. The number of hydrogen-bond donors (Lipinski definition) is 1. The standard InChI is InChI=1S/C13H20ClNO2S2/c1-2-10-8-9-13(18-10)19(16,17)15-12-7-5-3-4-6-11(12)14/h8-9,11-12,15H,2-7H2,1H3. The van der Waals surface area contributed by atoms with Gasteiger partial charge in [0.2, 0.25) is 10.0 Å². The minimum Gasteiger partial charge on any atom is -0.206 e. The largest absolute Gasteiger partial charge is 0.250 e. The van der Waals surface area contributed by atoms with Crippen LogP contribution >= 0.6 is 22.9 Å². The molecule has 0 spiro atoms. The van der Waals surface area contributed by atoms with E-state index < -0.39 is 10.0 Å².